The third kappa shape index (κ3) is 2.58. The van der Waals surface area contributed by atoms with Gasteiger partial charge in [-0.1, -0.05) is 30.3 Å². The van der Waals surface area contributed by atoms with Crippen LogP contribution in [-0.4, -0.2) is 21.8 Å². The van der Waals surface area contributed by atoms with Gasteiger partial charge in [0.2, 0.25) is 5.91 Å². The maximum atomic E-state index is 12.5. The molecule has 2 aromatic carbocycles. The van der Waals surface area contributed by atoms with Gasteiger partial charge in [0.15, 0.2) is 0 Å². The van der Waals surface area contributed by atoms with Gasteiger partial charge < -0.3 is 10.6 Å². The Labute approximate surface area is 137 Å². The van der Waals surface area contributed by atoms with Crippen LogP contribution < -0.4 is 10.6 Å². The number of nitrogens with one attached hydrogen (secondary N) is 2. The lowest BCUT2D eigenvalue weighted by atomic mass is 9.97. The van der Waals surface area contributed by atoms with E-state index in [0.29, 0.717) is 5.52 Å². The van der Waals surface area contributed by atoms with Crippen molar-refractivity contribution in [2.45, 2.75) is 12.5 Å². The van der Waals surface area contributed by atoms with E-state index in [2.05, 4.69) is 20.6 Å². The molecule has 0 spiro atoms. The number of aromatic nitrogens is 2. The molecule has 6 nitrogen and oxygen atoms in total. The fourth-order valence-corrected chi connectivity index (χ4v) is 2.84. The molecule has 2 N–H and O–H groups in total. The summed E-state index contributed by atoms with van der Waals surface area (Å²) in [7, 11) is 0. The molecule has 0 bridgehead atoms. The lowest BCUT2D eigenvalue weighted by molar-refractivity contribution is -0.116. The van der Waals surface area contributed by atoms with Gasteiger partial charge in [-0.3, -0.25) is 14.6 Å². The van der Waals surface area contributed by atoms with Gasteiger partial charge >= 0.3 is 0 Å². The molecule has 1 aliphatic heterocycles. The first-order chi connectivity index (χ1) is 11.7. The monoisotopic (exact) mass is 318 g/mol. The molecule has 0 aliphatic carbocycles. The van der Waals surface area contributed by atoms with Crippen molar-refractivity contribution in [2.75, 3.05) is 5.32 Å². The highest BCUT2D eigenvalue weighted by Crippen LogP contribution is 2.30. The maximum Gasteiger partial charge on any atom is 0.272 e. The molecule has 4 rings (SSSR count). The van der Waals surface area contributed by atoms with Gasteiger partial charge in [-0.15, -0.1) is 0 Å². The van der Waals surface area contributed by atoms with E-state index in [1.165, 1.54) is 6.20 Å². The largest absolute Gasteiger partial charge is 0.343 e. The van der Waals surface area contributed by atoms with Gasteiger partial charge in [0.25, 0.3) is 5.91 Å². The summed E-state index contributed by atoms with van der Waals surface area (Å²) in [6.07, 6.45) is 1.65. The first kappa shape index (κ1) is 14.3. The first-order valence-corrected chi connectivity index (χ1v) is 7.62. The molecule has 0 saturated carbocycles. The average molecular weight is 318 g/mol. The number of para-hydroxylation sites is 3. The second kappa shape index (κ2) is 5.73. The molecule has 2 amide bonds. The Hall–Kier alpha value is -3.28. The molecule has 0 radical (unpaired) electrons. The van der Waals surface area contributed by atoms with Crippen LogP contribution in [0.3, 0.4) is 0 Å². The Morgan fingerprint density at radius 3 is 2.71 bits per heavy atom. The minimum atomic E-state index is -0.379. The lowest BCUT2D eigenvalue weighted by Crippen LogP contribution is -2.35. The second-order valence-corrected chi connectivity index (χ2v) is 5.61. The minimum absolute atomic E-state index is 0.122. The van der Waals surface area contributed by atoms with Crippen LogP contribution in [0.15, 0.2) is 54.7 Å². The Kier molecular flexibility index (Phi) is 3.42. The predicted molar refractivity (Wildman–Crippen MR) is 89.4 cm³/mol. The fraction of sp³-hybridized carbons (Fsp3) is 0.111. The number of carbonyl (C=O) groups is 2. The Morgan fingerprint density at radius 1 is 1.08 bits per heavy atom. The minimum Gasteiger partial charge on any atom is -0.343 e. The van der Waals surface area contributed by atoms with Gasteiger partial charge in [-0.2, -0.15) is 0 Å². The smallest absolute Gasteiger partial charge is 0.272 e. The van der Waals surface area contributed by atoms with Gasteiger partial charge in [0.1, 0.15) is 5.69 Å². The number of anilines is 1. The standard InChI is InChI=1S/C18H14N4O2/c23-17-9-15(11-5-1-2-6-12(11)21-17)22-18(24)16-10-19-13-7-3-4-8-14(13)20-16/h1-8,10,15H,9H2,(H,21,23)(H,22,24)/t15-/m1/s1. The van der Waals surface area contributed by atoms with Crippen LogP contribution in [0.1, 0.15) is 28.5 Å². The predicted octanol–water partition coefficient (Wildman–Crippen LogP) is 2.44. The summed E-state index contributed by atoms with van der Waals surface area (Å²) < 4.78 is 0. The SMILES string of the molecule is O=C1C[C@@H](NC(=O)c2cnc3ccccc3n2)c2ccccc2N1. The van der Waals surface area contributed by atoms with Crippen LogP contribution in [0.5, 0.6) is 0 Å². The second-order valence-electron chi connectivity index (χ2n) is 5.61. The summed E-state index contributed by atoms with van der Waals surface area (Å²) in [6.45, 7) is 0. The summed E-state index contributed by atoms with van der Waals surface area (Å²) in [6, 6.07) is 14.4. The fourth-order valence-electron chi connectivity index (χ4n) is 2.84. The third-order valence-corrected chi connectivity index (χ3v) is 3.99. The Balaban J connectivity index is 1.62. The van der Waals surface area contributed by atoms with E-state index in [9.17, 15) is 9.59 Å². The van der Waals surface area contributed by atoms with Gasteiger partial charge in [0.05, 0.1) is 29.7 Å². The molecule has 1 atom stereocenters. The average Bonchev–Trinajstić information content (AvgIpc) is 2.61. The van der Waals surface area contributed by atoms with Crippen molar-refractivity contribution in [1.29, 1.82) is 0 Å². The summed E-state index contributed by atoms with van der Waals surface area (Å²) >= 11 is 0. The number of rotatable bonds is 2. The van der Waals surface area contributed by atoms with Crippen LogP contribution in [0, 0.1) is 0 Å². The van der Waals surface area contributed by atoms with Crippen molar-refractivity contribution >= 4 is 28.5 Å². The highest BCUT2D eigenvalue weighted by Gasteiger charge is 2.26. The van der Waals surface area contributed by atoms with E-state index in [-0.39, 0.29) is 30.0 Å². The highest BCUT2D eigenvalue weighted by atomic mass is 16.2. The quantitative estimate of drug-likeness (QED) is 0.760. The molecule has 6 heteroatoms. The van der Waals surface area contributed by atoms with Crippen LogP contribution >= 0.6 is 0 Å². The molecule has 3 aromatic rings. The molecule has 0 saturated heterocycles. The van der Waals surface area contributed by atoms with E-state index >= 15 is 0 Å². The van der Waals surface area contributed by atoms with Crippen LogP contribution in [0.2, 0.25) is 0 Å². The number of fused-ring (bicyclic) bond motifs is 2. The number of benzene rings is 2. The third-order valence-electron chi connectivity index (χ3n) is 3.99. The number of nitrogens with zero attached hydrogens (tertiary/aromatic N) is 2. The number of hydrogen-bond acceptors (Lipinski definition) is 4. The zero-order chi connectivity index (χ0) is 16.5. The van der Waals surface area contributed by atoms with E-state index in [0.717, 1.165) is 16.8 Å². The number of carbonyl (C=O) groups excluding carboxylic acids is 2. The normalized spacial score (nSPS) is 16.3. The first-order valence-electron chi connectivity index (χ1n) is 7.62. The van der Waals surface area contributed by atoms with E-state index < -0.39 is 0 Å². The van der Waals surface area contributed by atoms with Gasteiger partial charge in [0, 0.05) is 5.69 Å². The summed E-state index contributed by atoms with van der Waals surface area (Å²) in [5.74, 6) is -0.466. The molecule has 2 heterocycles. The topological polar surface area (TPSA) is 84.0 Å². The van der Waals surface area contributed by atoms with Crippen LogP contribution in [0.4, 0.5) is 5.69 Å². The molecule has 0 fully saturated rings. The Bertz CT molecular complexity index is 954. The summed E-state index contributed by atoms with van der Waals surface area (Å²) in [4.78, 5) is 33.0. The number of hydrogen-bond donors (Lipinski definition) is 2. The molecular formula is C18H14N4O2. The van der Waals surface area contributed by atoms with Gasteiger partial charge in [-0.05, 0) is 23.8 Å². The lowest BCUT2D eigenvalue weighted by Gasteiger charge is -2.26. The van der Waals surface area contributed by atoms with Crippen molar-refractivity contribution in [2.24, 2.45) is 0 Å². The van der Waals surface area contributed by atoms with Gasteiger partial charge in [-0.25, -0.2) is 4.98 Å². The molecule has 24 heavy (non-hydrogen) atoms. The van der Waals surface area contributed by atoms with Crippen molar-refractivity contribution in [1.82, 2.24) is 15.3 Å². The van der Waals surface area contributed by atoms with E-state index in [4.69, 9.17) is 0 Å². The highest BCUT2D eigenvalue weighted by molar-refractivity contribution is 5.97. The zero-order valence-electron chi connectivity index (χ0n) is 12.7. The van der Waals surface area contributed by atoms with Crippen LogP contribution in [0.25, 0.3) is 11.0 Å². The van der Waals surface area contributed by atoms with E-state index in [1.54, 1.807) is 0 Å². The maximum absolute atomic E-state index is 12.5. The Morgan fingerprint density at radius 2 is 1.83 bits per heavy atom. The van der Waals surface area contributed by atoms with Crippen molar-refractivity contribution in [3.63, 3.8) is 0 Å². The summed E-state index contributed by atoms with van der Waals surface area (Å²) in [5, 5.41) is 5.69. The molecular weight excluding hydrogens is 304 g/mol. The zero-order valence-corrected chi connectivity index (χ0v) is 12.7. The molecule has 1 aliphatic rings. The summed E-state index contributed by atoms with van der Waals surface area (Å²) in [5.41, 5.74) is 3.24. The van der Waals surface area contributed by atoms with Crippen molar-refractivity contribution in [3.8, 4) is 0 Å². The van der Waals surface area contributed by atoms with Crippen molar-refractivity contribution in [3.05, 3.63) is 66.0 Å². The number of amides is 2. The molecule has 1 aromatic heterocycles. The van der Waals surface area contributed by atoms with Crippen LogP contribution in [-0.2, 0) is 4.79 Å². The molecule has 118 valence electrons. The van der Waals surface area contributed by atoms with Crippen molar-refractivity contribution < 1.29 is 9.59 Å². The molecule has 0 unspecified atom stereocenters. The van der Waals surface area contributed by atoms with E-state index in [1.807, 2.05) is 48.5 Å².